The topological polar surface area (TPSA) is 70.1 Å². The smallest absolute Gasteiger partial charge is 0.263 e. The summed E-state index contributed by atoms with van der Waals surface area (Å²) >= 11 is 7.56. The Labute approximate surface area is 188 Å². The van der Waals surface area contributed by atoms with E-state index in [2.05, 4.69) is 32.7 Å². The van der Waals surface area contributed by atoms with Crippen LogP contribution in [0.5, 0.6) is 0 Å². The maximum absolute atomic E-state index is 14.5. The van der Waals surface area contributed by atoms with Gasteiger partial charge in [0.05, 0.1) is 21.6 Å². The molecule has 31 heavy (non-hydrogen) atoms. The van der Waals surface area contributed by atoms with Crippen LogP contribution in [0.1, 0.15) is 28.4 Å². The maximum atomic E-state index is 14.5. The Hall–Kier alpha value is -2.68. The summed E-state index contributed by atoms with van der Waals surface area (Å²) in [6.45, 7) is 3.66. The number of nitrogens with one attached hydrogen (secondary N) is 2. The molecule has 0 fully saturated rings. The van der Waals surface area contributed by atoms with Gasteiger partial charge in [-0.25, -0.2) is 14.4 Å². The second kappa shape index (κ2) is 8.11. The first kappa shape index (κ1) is 20.2. The van der Waals surface area contributed by atoms with Gasteiger partial charge in [-0.05, 0) is 55.3 Å². The number of benzene rings is 2. The summed E-state index contributed by atoms with van der Waals surface area (Å²) in [5.41, 5.74) is 3.90. The van der Waals surface area contributed by atoms with Gasteiger partial charge in [0.15, 0.2) is 0 Å². The number of fused-ring (bicyclic) bond motifs is 2. The lowest BCUT2D eigenvalue weighted by molar-refractivity contribution is 0.0978. The van der Waals surface area contributed by atoms with Crippen molar-refractivity contribution in [3.05, 3.63) is 70.1 Å². The van der Waals surface area contributed by atoms with Gasteiger partial charge in [0, 0.05) is 18.4 Å². The first-order valence-electron chi connectivity index (χ1n) is 9.92. The molecule has 0 radical (unpaired) electrons. The van der Waals surface area contributed by atoms with E-state index in [1.54, 1.807) is 6.07 Å². The molecule has 2 aromatic carbocycles. The number of hydrogen-bond donors (Lipinski definition) is 2. The molecule has 158 valence electrons. The van der Waals surface area contributed by atoms with Crippen LogP contribution in [-0.2, 0) is 13.0 Å². The zero-order valence-electron chi connectivity index (χ0n) is 16.7. The Morgan fingerprint density at radius 1 is 1.29 bits per heavy atom. The van der Waals surface area contributed by atoms with Crippen molar-refractivity contribution in [3.63, 3.8) is 0 Å². The summed E-state index contributed by atoms with van der Waals surface area (Å²) in [6, 6.07) is 10.6. The Morgan fingerprint density at radius 3 is 3.00 bits per heavy atom. The van der Waals surface area contributed by atoms with E-state index < -0.39 is 5.82 Å². The van der Waals surface area contributed by atoms with Gasteiger partial charge < -0.3 is 10.6 Å². The highest BCUT2D eigenvalue weighted by molar-refractivity contribution is 8.00. The lowest BCUT2D eigenvalue weighted by atomic mass is 10.0. The molecule has 0 bridgehead atoms. The molecular formula is C22H19ClFN5OS. The molecule has 2 aliphatic rings. The molecule has 1 aromatic heterocycles. The van der Waals surface area contributed by atoms with Crippen LogP contribution < -0.4 is 15.5 Å². The minimum Gasteiger partial charge on any atom is -0.324 e. The van der Waals surface area contributed by atoms with E-state index in [1.807, 2.05) is 13.0 Å². The van der Waals surface area contributed by atoms with Crippen LogP contribution in [0.2, 0.25) is 5.02 Å². The highest BCUT2D eigenvalue weighted by Crippen LogP contribution is 2.40. The van der Waals surface area contributed by atoms with Gasteiger partial charge in [-0.1, -0.05) is 35.5 Å². The lowest BCUT2D eigenvalue weighted by Crippen LogP contribution is -2.41. The number of hydrogen-bond acceptors (Lipinski definition) is 6. The van der Waals surface area contributed by atoms with Gasteiger partial charge in [-0.2, -0.15) is 0 Å². The first-order valence-corrected chi connectivity index (χ1v) is 11.2. The highest BCUT2D eigenvalue weighted by atomic mass is 35.5. The third-order valence-corrected chi connectivity index (χ3v) is 6.77. The molecular weight excluding hydrogens is 437 g/mol. The van der Waals surface area contributed by atoms with Crippen molar-refractivity contribution >= 4 is 46.6 Å². The van der Waals surface area contributed by atoms with Crippen molar-refractivity contribution in [1.82, 2.24) is 15.3 Å². The van der Waals surface area contributed by atoms with E-state index in [4.69, 9.17) is 11.6 Å². The summed E-state index contributed by atoms with van der Waals surface area (Å²) in [7, 11) is 0. The largest absolute Gasteiger partial charge is 0.324 e. The van der Waals surface area contributed by atoms with Crippen molar-refractivity contribution < 1.29 is 9.18 Å². The summed E-state index contributed by atoms with van der Waals surface area (Å²) < 4.78 is 14.5. The van der Waals surface area contributed by atoms with E-state index in [0.717, 1.165) is 25.2 Å². The third-order valence-electron chi connectivity index (χ3n) is 5.38. The second-order valence-electron chi connectivity index (χ2n) is 7.41. The van der Waals surface area contributed by atoms with Crippen LogP contribution in [0.15, 0.2) is 47.6 Å². The number of carbonyl (C=O) groups is 1. The Morgan fingerprint density at radius 2 is 2.16 bits per heavy atom. The minimum absolute atomic E-state index is 0.0746. The number of aromatic nitrogens is 2. The SMILES string of the molecule is CC1Sc2nc(Nc3ccc4c(c3)CCNC4)ncc2C(=O)N1c1c(F)cccc1Cl. The molecule has 1 amide bonds. The molecule has 0 saturated heterocycles. The summed E-state index contributed by atoms with van der Waals surface area (Å²) in [4.78, 5) is 23.4. The van der Waals surface area contributed by atoms with E-state index in [1.165, 1.54) is 46.1 Å². The van der Waals surface area contributed by atoms with Crippen LogP contribution >= 0.6 is 23.4 Å². The predicted octanol–water partition coefficient (Wildman–Crippen LogP) is 4.76. The van der Waals surface area contributed by atoms with Gasteiger partial charge in [0.1, 0.15) is 10.8 Å². The fourth-order valence-corrected chi connectivity index (χ4v) is 5.15. The number of halogens is 2. The van der Waals surface area contributed by atoms with Crippen LogP contribution in [0.4, 0.5) is 21.7 Å². The normalized spacial score (nSPS) is 17.8. The molecule has 6 nitrogen and oxygen atoms in total. The number of thioether (sulfide) groups is 1. The zero-order chi connectivity index (χ0) is 21.5. The van der Waals surface area contributed by atoms with Crippen molar-refractivity contribution in [2.75, 3.05) is 16.8 Å². The summed E-state index contributed by atoms with van der Waals surface area (Å²) in [5, 5.41) is 6.95. The number of amides is 1. The predicted molar refractivity (Wildman–Crippen MR) is 121 cm³/mol. The van der Waals surface area contributed by atoms with Gasteiger partial charge in [-0.3, -0.25) is 9.69 Å². The lowest BCUT2D eigenvalue weighted by Gasteiger charge is -2.33. The van der Waals surface area contributed by atoms with Crippen molar-refractivity contribution in [2.24, 2.45) is 0 Å². The van der Waals surface area contributed by atoms with E-state index in [-0.39, 0.29) is 22.0 Å². The quantitative estimate of drug-likeness (QED) is 0.555. The van der Waals surface area contributed by atoms with Crippen LogP contribution in [0.25, 0.3) is 0 Å². The number of rotatable bonds is 3. The molecule has 3 heterocycles. The molecule has 0 saturated carbocycles. The average Bonchev–Trinajstić information content (AvgIpc) is 2.75. The Bertz CT molecular complexity index is 1170. The van der Waals surface area contributed by atoms with Gasteiger partial charge in [0.2, 0.25) is 5.95 Å². The second-order valence-corrected chi connectivity index (χ2v) is 9.12. The van der Waals surface area contributed by atoms with Crippen molar-refractivity contribution in [3.8, 4) is 0 Å². The van der Waals surface area contributed by atoms with E-state index in [9.17, 15) is 9.18 Å². The molecule has 2 aliphatic heterocycles. The molecule has 0 aliphatic carbocycles. The van der Waals surface area contributed by atoms with Gasteiger partial charge in [0.25, 0.3) is 5.91 Å². The molecule has 9 heteroatoms. The number of carbonyl (C=O) groups excluding carboxylic acids is 1. The van der Waals surface area contributed by atoms with E-state index in [0.29, 0.717) is 16.5 Å². The third kappa shape index (κ3) is 3.75. The van der Waals surface area contributed by atoms with Crippen LogP contribution in [-0.4, -0.2) is 27.8 Å². The molecule has 1 atom stereocenters. The highest BCUT2D eigenvalue weighted by Gasteiger charge is 2.35. The van der Waals surface area contributed by atoms with Gasteiger partial charge in [-0.15, -0.1) is 0 Å². The summed E-state index contributed by atoms with van der Waals surface area (Å²) in [5.74, 6) is -0.503. The maximum Gasteiger partial charge on any atom is 0.263 e. The standard InChI is InChI=1S/C22H19ClFN5OS/c1-12-29(19-17(23)3-2-4-18(19)24)21(30)16-11-26-22(28-20(16)31-12)27-15-6-5-14-10-25-8-7-13(14)9-15/h2-6,9,11-12,25H,7-8,10H2,1H3,(H,26,27,28). The molecule has 5 rings (SSSR count). The molecule has 2 N–H and O–H groups in total. The fraction of sp³-hybridized carbons (Fsp3) is 0.227. The van der Waals surface area contributed by atoms with Gasteiger partial charge >= 0.3 is 0 Å². The number of nitrogens with zero attached hydrogens (tertiary/aromatic N) is 3. The Kier molecular flexibility index (Phi) is 5.29. The number of para-hydroxylation sites is 1. The van der Waals surface area contributed by atoms with Crippen LogP contribution in [0.3, 0.4) is 0 Å². The molecule has 1 unspecified atom stereocenters. The van der Waals surface area contributed by atoms with Crippen LogP contribution in [0, 0.1) is 5.82 Å². The molecule has 3 aromatic rings. The Balaban J connectivity index is 1.43. The van der Waals surface area contributed by atoms with Crippen molar-refractivity contribution in [2.45, 2.75) is 30.3 Å². The monoisotopic (exact) mass is 455 g/mol. The summed E-state index contributed by atoms with van der Waals surface area (Å²) in [6.07, 6.45) is 2.46. The first-order chi connectivity index (χ1) is 15.0. The van der Waals surface area contributed by atoms with Crippen molar-refractivity contribution in [1.29, 1.82) is 0 Å². The fourth-order valence-electron chi connectivity index (χ4n) is 3.86. The molecule has 0 spiro atoms. The number of anilines is 3. The van der Waals surface area contributed by atoms with E-state index >= 15 is 0 Å². The zero-order valence-corrected chi connectivity index (χ0v) is 18.2. The average molecular weight is 456 g/mol. The minimum atomic E-state index is -0.543.